The average Bonchev–Trinajstić information content (AvgIpc) is 3.51. The SMILES string of the molecule is Cc1cn(C)c2ccc(-c3ccc(C(Oc4cc(N5CCC6(CC5)CN[C@H](C(=O)O)C6)nc(N)n4)C(F)(F)F)cc3)cc12. The fourth-order valence-electron chi connectivity index (χ4n) is 6.40. The van der Waals surface area contributed by atoms with Crippen molar-refractivity contribution in [2.45, 2.75) is 44.5 Å². The van der Waals surface area contributed by atoms with Gasteiger partial charge in [0.05, 0.1) is 0 Å². The number of alkyl halides is 3. The third-order valence-electron chi connectivity index (χ3n) is 8.78. The minimum atomic E-state index is -4.71. The van der Waals surface area contributed by atoms with Crippen LogP contribution in [0.1, 0.15) is 36.5 Å². The molecule has 0 bridgehead atoms. The summed E-state index contributed by atoms with van der Waals surface area (Å²) in [5.74, 6) is -0.944. The van der Waals surface area contributed by atoms with Crippen LogP contribution in [-0.4, -0.2) is 57.5 Å². The Bertz CT molecular complexity index is 1660. The molecule has 1 unspecified atom stereocenters. The molecule has 2 fully saturated rings. The van der Waals surface area contributed by atoms with Gasteiger partial charge >= 0.3 is 12.1 Å². The van der Waals surface area contributed by atoms with Gasteiger partial charge in [0.25, 0.3) is 0 Å². The first-order valence-corrected chi connectivity index (χ1v) is 14.2. The predicted molar refractivity (Wildman–Crippen MR) is 157 cm³/mol. The summed E-state index contributed by atoms with van der Waals surface area (Å²) >= 11 is 0. The van der Waals surface area contributed by atoms with Gasteiger partial charge in [0.15, 0.2) is 0 Å². The maximum atomic E-state index is 14.3. The number of nitrogen functional groups attached to an aromatic ring is 1. The molecule has 6 rings (SSSR count). The molecule has 2 aliphatic heterocycles. The smallest absolute Gasteiger partial charge is 0.429 e. The highest BCUT2D eigenvalue weighted by Gasteiger charge is 2.45. The van der Waals surface area contributed by atoms with Crippen molar-refractivity contribution in [2.75, 3.05) is 30.3 Å². The normalized spacial score (nSPS) is 19.2. The molecule has 0 amide bonds. The number of anilines is 2. The highest BCUT2D eigenvalue weighted by Crippen LogP contribution is 2.41. The van der Waals surface area contributed by atoms with Crippen LogP contribution in [0.15, 0.2) is 54.7 Å². The summed E-state index contributed by atoms with van der Waals surface area (Å²) in [6.07, 6.45) is -2.95. The molecule has 4 aromatic rings. The fraction of sp³-hybridized carbons (Fsp3) is 0.387. The molecule has 43 heavy (non-hydrogen) atoms. The number of aromatic nitrogens is 3. The van der Waals surface area contributed by atoms with Gasteiger partial charge in [-0.25, -0.2) is 0 Å². The first-order valence-electron chi connectivity index (χ1n) is 14.2. The number of piperidine rings is 1. The lowest BCUT2D eigenvalue weighted by molar-refractivity contribution is -0.198. The maximum Gasteiger partial charge on any atom is 0.429 e. The number of nitrogens with zero attached hydrogens (tertiary/aromatic N) is 4. The van der Waals surface area contributed by atoms with E-state index < -0.39 is 24.3 Å². The van der Waals surface area contributed by atoms with Crippen LogP contribution in [0.4, 0.5) is 24.9 Å². The zero-order chi connectivity index (χ0) is 30.5. The molecule has 9 nitrogen and oxygen atoms in total. The first-order chi connectivity index (χ1) is 20.4. The van der Waals surface area contributed by atoms with E-state index >= 15 is 0 Å². The molecule has 0 saturated carbocycles. The topological polar surface area (TPSA) is 119 Å². The van der Waals surface area contributed by atoms with Crippen LogP contribution in [0.3, 0.4) is 0 Å². The Labute approximate surface area is 246 Å². The van der Waals surface area contributed by atoms with Gasteiger partial charge in [-0.2, -0.15) is 23.1 Å². The number of hydrogen-bond donors (Lipinski definition) is 3. The van der Waals surface area contributed by atoms with Crippen molar-refractivity contribution in [3.05, 3.63) is 65.9 Å². The highest BCUT2D eigenvalue weighted by molar-refractivity contribution is 5.88. The van der Waals surface area contributed by atoms with Crippen molar-refractivity contribution in [1.29, 1.82) is 0 Å². The van der Waals surface area contributed by atoms with Gasteiger partial charge in [0, 0.05) is 55.4 Å². The lowest BCUT2D eigenvalue weighted by Crippen LogP contribution is -2.41. The average molecular weight is 595 g/mol. The Morgan fingerprint density at radius 2 is 1.81 bits per heavy atom. The number of benzene rings is 2. The monoisotopic (exact) mass is 594 g/mol. The molecule has 226 valence electrons. The van der Waals surface area contributed by atoms with E-state index in [9.17, 15) is 23.1 Å². The number of carboxylic acids is 1. The van der Waals surface area contributed by atoms with Gasteiger partial charge in [-0.1, -0.05) is 30.3 Å². The highest BCUT2D eigenvalue weighted by atomic mass is 19.4. The second-order valence-corrected chi connectivity index (χ2v) is 11.7. The largest absolute Gasteiger partial charge is 0.480 e. The summed E-state index contributed by atoms with van der Waals surface area (Å²) in [7, 11) is 1.98. The van der Waals surface area contributed by atoms with E-state index in [2.05, 4.69) is 15.3 Å². The molecule has 2 atom stereocenters. The van der Waals surface area contributed by atoms with Gasteiger partial charge in [-0.15, -0.1) is 0 Å². The number of fused-ring (bicyclic) bond motifs is 1. The Hall–Kier alpha value is -4.32. The van der Waals surface area contributed by atoms with E-state index in [1.807, 2.05) is 47.8 Å². The number of ether oxygens (including phenoxy) is 1. The Morgan fingerprint density at radius 3 is 2.47 bits per heavy atom. The van der Waals surface area contributed by atoms with E-state index in [-0.39, 0.29) is 22.8 Å². The standard InChI is InChI=1S/C31H33F3N6O3/c1-18-16-39(2)24-8-7-21(13-22(18)24)19-3-5-20(6-4-19)27(31(32,33)34)43-26-14-25(37-29(35)38-26)40-11-9-30(10-12-40)15-23(28(41)42)36-17-30/h3-8,13-14,16,23,27,36H,9-12,15,17H2,1-2H3,(H,41,42)(H2,35,37,38)/t23-,27?/m0/s1. The van der Waals surface area contributed by atoms with Crippen molar-refractivity contribution in [3.63, 3.8) is 0 Å². The number of carbonyl (C=O) groups is 1. The lowest BCUT2D eigenvalue weighted by atomic mass is 9.76. The maximum absolute atomic E-state index is 14.3. The van der Waals surface area contributed by atoms with E-state index in [1.54, 1.807) is 12.1 Å². The van der Waals surface area contributed by atoms with Crippen LogP contribution in [0, 0.1) is 12.3 Å². The molecular weight excluding hydrogens is 561 g/mol. The van der Waals surface area contributed by atoms with E-state index in [4.69, 9.17) is 10.5 Å². The zero-order valence-electron chi connectivity index (χ0n) is 23.9. The van der Waals surface area contributed by atoms with Gasteiger partial charge < -0.3 is 30.4 Å². The summed E-state index contributed by atoms with van der Waals surface area (Å²) in [5.41, 5.74) is 9.61. The van der Waals surface area contributed by atoms with Crippen LogP contribution in [-0.2, 0) is 11.8 Å². The minimum absolute atomic E-state index is 0.0615. The summed E-state index contributed by atoms with van der Waals surface area (Å²) in [6, 6.07) is 13.0. The Balaban J connectivity index is 1.20. The fourth-order valence-corrected chi connectivity index (χ4v) is 6.40. The predicted octanol–water partition coefficient (Wildman–Crippen LogP) is 5.24. The molecule has 4 N–H and O–H groups in total. The van der Waals surface area contributed by atoms with Crippen molar-refractivity contribution in [3.8, 4) is 17.0 Å². The van der Waals surface area contributed by atoms with Crippen LogP contribution in [0.2, 0.25) is 0 Å². The molecule has 4 heterocycles. The number of rotatable bonds is 6. The molecule has 2 aromatic carbocycles. The lowest BCUT2D eigenvalue weighted by Gasteiger charge is -2.39. The van der Waals surface area contributed by atoms with Gasteiger partial charge in [-0.3, -0.25) is 4.79 Å². The first kappa shape index (κ1) is 28.8. The molecule has 12 heteroatoms. The quantitative estimate of drug-likeness (QED) is 0.277. The number of aliphatic carboxylic acids is 1. The molecule has 0 aliphatic carbocycles. The summed E-state index contributed by atoms with van der Waals surface area (Å²) in [6.45, 7) is 3.76. The Morgan fingerprint density at radius 1 is 1.12 bits per heavy atom. The molecule has 0 radical (unpaired) electrons. The van der Waals surface area contributed by atoms with E-state index in [1.165, 1.54) is 18.2 Å². The van der Waals surface area contributed by atoms with Crippen LogP contribution >= 0.6 is 0 Å². The second kappa shape index (κ2) is 10.7. The van der Waals surface area contributed by atoms with Crippen LogP contribution in [0.5, 0.6) is 5.88 Å². The number of carboxylic acid groups (broad SMARTS) is 1. The minimum Gasteiger partial charge on any atom is -0.480 e. The molecular formula is C31H33F3N6O3. The van der Waals surface area contributed by atoms with Gasteiger partial charge in [-0.05, 0) is 60.4 Å². The number of nitrogens with one attached hydrogen (secondary N) is 1. The molecule has 2 saturated heterocycles. The second-order valence-electron chi connectivity index (χ2n) is 11.7. The third kappa shape index (κ3) is 5.71. The van der Waals surface area contributed by atoms with Crippen LogP contribution < -0.4 is 20.7 Å². The molecule has 2 aromatic heterocycles. The zero-order valence-corrected chi connectivity index (χ0v) is 23.9. The number of hydrogen-bond acceptors (Lipinski definition) is 7. The number of nitrogens with two attached hydrogens (primary N) is 1. The van der Waals surface area contributed by atoms with E-state index in [0.29, 0.717) is 31.9 Å². The molecule has 1 spiro atoms. The number of aryl methyl sites for hydroxylation is 2. The van der Waals surface area contributed by atoms with E-state index in [0.717, 1.165) is 40.4 Å². The summed E-state index contributed by atoms with van der Waals surface area (Å²) in [5, 5.41) is 13.5. The van der Waals surface area contributed by atoms with Crippen molar-refractivity contribution in [1.82, 2.24) is 19.9 Å². The van der Waals surface area contributed by atoms with Crippen molar-refractivity contribution < 1.29 is 27.8 Å². The molecule has 2 aliphatic rings. The third-order valence-corrected chi connectivity index (χ3v) is 8.78. The number of halogens is 3. The Kier molecular flexibility index (Phi) is 7.19. The summed E-state index contributed by atoms with van der Waals surface area (Å²) < 4.78 is 50.4. The van der Waals surface area contributed by atoms with Gasteiger partial charge in [0.2, 0.25) is 17.9 Å². The van der Waals surface area contributed by atoms with Gasteiger partial charge in [0.1, 0.15) is 11.9 Å². The van der Waals surface area contributed by atoms with Crippen LogP contribution in [0.25, 0.3) is 22.0 Å². The van der Waals surface area contributed by atoms with Crippen molar-refractivity contribution >= 4 is 28.6 Å². The van der Waals surface area contributed by atoms with Crippen molar-refractivity contribution in [2.24, 2.45) is 12.5 Å². The summed E-state index contributed by atoms with van der Waals surface area (Å²) in [4.78, 5) is 21.5.